The fourth-order valence-corrected chi connectivity index (χ4v) is 3.36. The number of rotatable bonds is 5. The van der Waals surface area contributed by atoms with Gasteiger partial charge in [-0.2, -0.15) is 5.10 Å². The lowest BCUT2D eigenvalue weighted by Crippen LogP contribution is -2.39. The summed E-state index contributed by atoms with van der Waals surface area (Å²) in [4.78, 5) is 14.3. The van der Waals surface area contributed by atoms with Crippen molar-refractivity contribution in [2.75, 3.05) is 26.7 Å². The summed E-state index contributed by atoms with van der Waals surface area (Å²) in [6, 6.07) is 10.3. The quantitative estimate of drug-likeness (QED) is 0.909. The highest BCUT2D eigenvalue weighted by atomic mass is 16.5. The molecule has 1 aliphatic rings. The van der Waals surface area contributed by atoms with Crippen LogP contribution in [0, 0.1) is 13.8 Å². The first kappa shape index (κ1) is 17.3. The monoisotopic (exact) mass is 342 g/mol. The minimum absolute atomic E-state index is 0.0116. The van der Waals surface area contributed by atoms with Gasteiger partial charge in [0.2, 0.25) is 0 Å². The van der Waals surface area contributed by atoms with E-state index in [1.165, 1.54) is 5.56 Å². The summed E-state index contributed by atoms with van der Waals surface area (Å²) in [5.41, 5.74) is 3.37. The number of hydrogen-bond donors (Lipinski definition) is 1. The molecular formula is C19H26N4O2. The summed E-state index contributed by atoms with van der Waals surface area (Å²) in [5, 5.41) is 7.57. The van der Waals surface area contributed by atoms with Gasteiger partial charge in [-0.25, -0.2) is 4.79 Å². The van der Waals surface area contributed by atoms with Crippen LogP contribution in [0.1, 0.15) is 29.4 Å². The van der Waals surface area contributed by atoms with Crippen LogP contribution < -0.4 is 10.1 Å². The van der Waals surface area contributed by atoms with Gasteiger partial charge in [0.25, 0.3) is 0 Å². The van der Waals surface area contributed by atoms with Gasteiger partial charge in [-0.05, 0) is 50.5 Å². The Bertz CT molecular complexity index is 724. The standard InChI is InChI=1S/C19H26N4O2/c1-14-12-15(2)23(21-14)17-9-11-22(13-17)19(24)20-10-8-16-4-6-18(25-3)7-5-16/h4-7,12,17H,8-11,13H2,1-3H3,(H,20,24)/t17-/m0/s1. The largest absolute Gasteiger partial charge is 0.497 e. The summed E-state index contributed by atoms with van der Waals surface area (Å²) in [5.74, 6) is 0.847. The maximum absolute atomic E-state index is 12.4. The van der Waals surface area contributed by atoms with Crippen molar-refractivity contribution in [1.29, 1.82) is 0 Å². The molecule has 0 aliphatic carbocycles. The Morgan fingerprint density at radius 3 is 2.72 bits per heavy atom. The second-order valence-corrected chi connectivity index (χ2v) is 6.59. The van der Waals surface area contributed by atoms with E-state index in [9.17, 15) is 4.79 Å². The summed E-state index contributed by atoms with van der Waals surface area (Å²) in [6.45, 7) is 6.19. The molecule has 0 bridgehead atoms. The van der Waals surface area contributed by atoms with E-state index in [4.69, 9.17) is 4.74 Å². The first-order valence-electron chi connectivity index (χ1n) is 8.75. The van der Waals surface area contributed by atoms with E-state index in [1.807, 2.05) is 36.1 Å². The second-order valence-electron chi connectivity index (χ2n) is 6.59. The smallest absolute Gasteiger partial charge is 0.317 e. The molecular weight excluding hydrogens is 316 g/mol. The van der Waals surface area contributed by atoms with E-state index in [0.29, 0.717) is 6.54 Å². The van der Waals surface area contributed by atoms with Crippen LogP contribution in [-0.4, -0.2) is 47.5 Å². The summed E-state index contributed by atoms with van der Waals surface area (Å²) in [6.07, 6.45) is 1.76. The maximum Gasteiger partial charge on any atom is 0.317 e. The number of amides is 2. The molecule has 0 saturated carbocycles. The minimum atomic E-state index is 0.0116. The van der Waals surface area contributed by atoms with Gasteiger partial charge in [0.05, 0.1) is 18.8 Å². The Balaban J connectivity index is 1.46. The van der Waals surface area contributed by atoms with Crippen molar-refractivity contribution in [2.45, 2.75) is 32.7 Å². The molecule has 2 heterocycles. The van der Waals surface area contributed by atoms with E-state index in [0.717, 1.165) is 43.1 Å². The molecule has 134 valence electrons. The van der Waals surface area contributed by atoms with Gasteiger partial charge in [0.1, 0.15) is 5.75 Å². The van der Waals surface area contributed by atoms with Crippen LogP contribution in [0.2, 0.25) is 0 Å². The number of nitrogens with one attached hydrogen (secondary N) is 1. The number of urea groups is 1. The highest BCUT2D eigenvalue weighted by Gasteiger charge is 2.28. The first-order valence-corrected chi connectivity index (χ1v) is 8.75. The zero-order valence-corrected chi connectivity index (χ0v) is 15.2. The van der Waals surface area contributed by atoms with Crippen LogP contribution in [-0.2, 0) is 6.42 Å². The Labute approximate surface area is 148 Å². The molecule has 3 rings (SSSR count). The highest BCUT2D eigenvalue weighted by Crippen LogP contribution is 2.23. The molecule has 0 unspecified atom stereocenters. The Morgan fingerprint density at radius 1 is 1.32 bits per heavy atom. The van der Waals surface area contributed by atoms with E-state index in [2.05, 4.69) is 28.1 Å². The molecule has 1 fully saturated rings. The number of likely N-dealkylation sites (tertiary alicyclic amines) is 1. The van der Waals surface area contributed by atoms with Crippen molar-refractivity contribution in [3.63, 3.8) is 0 Å². The third-order valence-electron chi connectivity index (χ3n) is 4.69. The van der Waals surface area contributed by atoms with Crippen LogP contribution in [0.4, 0.5) is 4.79 Å². The molecule has 0 radical (unpaired) electrons. The number of ether oxygens (including phenoxy) is 1. The fourth-order valence-electron chi connectivity index (χ4n) is 3.36. The Hall–Kier alpha value is -2.50. The normalized spacial score (nSPS) is 16.9. The van der Waals surface area contributed by atoms with Gasteiger partial charge in [-0.15, -0.1) is 0 Å². The molecule has 0 spiro atoms. The topological polar surface area (TPSA) is 59.4 Å². The number of aryl methyl sites for hydroxylation is 2. The minimum Gasteiger partial charge on any atom is -0.497 e. The van der Waals surface area contributed by atoms with Crippen LogP contribution in [0.5, 0.6) is 5.75 Å². The molecule has 1 saturated heterocycles. The van der Waals surface area contributed by atoms with Crippen molar-refractivity contribution in [1.82, 2.24) is 20.0 Å². The number of carbonyl (C=O) groups excluding carboxylic acids is 1. The van der Waals surface area contributed by atoms with Crippen LogP contribution in [0.3, 0.4) is 0 Å². The average Bonchev–Trinajstić information content (AvgIpc) is 3.21. The van der Waals surface area contributed by atoms with E-state index in [1.54, 1.807) is 7.11 Å². The number of hydrogen-bond acceptors (Lipinski definition) is 3. The van der Waals surface area contributed by atoms with Crippen molar-refractivity contribution < 1.29 is 9.53 Å². The molecule has 6 heteroatoms. The number of methoxy groups -OCH3 is 1. The summed E-state index contributed by atoms with van der Waals surface area (Å²) in [7, 11) is 1.66. The van der Waals surface area contributed by atoms with Crippen LogP contribution in [0.15, 0.2) is 30.3 Å². The molecule has 1 aliphatic heterocycles. The van der Waals surface area contributed by atoms with Crippen LogP contribution >= 0.6 is 0 Å². The van der Waals surface area contributed by atoms with E-state index in [-0.39, 0.29) is 12.1 Å². The van der Waals surface area contributed by atoms with Gasteiger partial charge >= 0.3 is 6.03 Å². The first-order chi connectivity index (χ1) is 12.1. The number of nitrogens with zero attached hydrogens (tertiary/aromatic N) is 3. The van der Waals surface area contributed by atoms with Gasteiger partial charge in [-0.1, -0.05) is 12.1 Å². The van der Waals surface area contributed by atoms with Crippen molar-refractivity contribution >= 4 is 6.03 Å². The molecule has 1 aromatic carbocycles. The lowest BCUT2D eigenvalue weighted by atomic mass is 10.1. The molecule has 25 heavy (non-hydrogen) atoms. The number of benzene rings is 1. The zero-order chi connectivity index (χ0) is 17.8. The molecule has 1 atom stereocenters. The van der Waals surface area contributed by atoms with E-state index >= 15 is 0 Å². The lowest BCUT2D eigenvalue weighted by Gasteiger charge is -2.18. The molecule has 2 amide bonds. The lowest BCUT2D eigenvalue weighted by molar-refractivity contribution is 0.207. The third kappa shape index (κ3) is 4.13. The van der Waals surface area contributed by atoms with Crippen LogP contribution in [0.25, 0.3) is 0 Å². The molecule has 6 nitrogen and oxygen atoms in total. The van der Waals surface area contributed by atoms with Gasteiger partial charge in [0.15, 0.2) is 0 Å². The molecule has 2 aromatic rings. The van der Waals surface area contributed by atoms with Gasteiger partial charge < -0.3 is 15.0 Å². The van der Waals surface area contributed by atoms with Gasteiger partial charge in [-0.3, -0.25) is 4.68 Å². The predicted octanol–water partition coefficient (Wildman–Crippen LogP) is 2.71. The highest BCUT2D eigenvalue weighted by molar-refractivity contribution is 5.74. The maximum atomic E-state index is 12.4. The number of aromatic nitrogens is 2. The zero-order valence-electron chi connectivity index (χ0n) is 15.2. The van der Waals surface area contributed by atoms with E-state index < -0.39 is 0 Å². The van der Waals surface area contributed by atoms with Crippen molar-refractivity contribution in [3.05, 3.63) is 47.3 Å². The summed E-state index contributed by atoms with van der Waals surface area (Å²) < 4.78 is 7.21. The predicted molar refractivity (Wildman–Crippen MR) is 97.0 cm³/mol. The SMILES string of the molecule is COc1ccc(CCNC(=O)N2CC[C@H](n3nc(C)cc3C)C2)cc1. The third-order valence-corrected chi connectivity index (χ3v) is 4.69. The summed E-state index contributed by atoms with van der Waals surface area (Å²) >= 11 is 0. The Morgan fingerprint density at radius 2 is 2.08 bits per heavy atom. The second kappa shape index (κ2) is 7.59. The Kier molecular flexibility index (Phi) is 5.26. The van der Waals surface area contributed by atoms with Gasteiger partial charge in [0, 0.05) is 25.3 Å². The van der Waals surface area contributed by atoms with Crippen molar-refractivity contribution in [2.24, 2.45) is 0 Å². The fraction of sp³-hybridized carbons (Fsp3) is 0.474. The number of carbonyl (C=O) groups is 1. The molecule has 1 aromatic heterocycles. The average molecular weight is 342 g/mol. The molecule has 1 N–H and O–H groups in total. The van der Waals surface area contributed by atoms with Crippen molar-refractivity contribution in [3.8, 4) is 5.75 Å².